The molecule has 1 atom stereocenters. The molecule has 0 aliphatic heterocycles. The van der Waals surface area contributed by atoms with E-state index < -0.39 is 5.56 Å². The fourth-order valence-electron chi connectivity index (χ4n) is 3.03. The molecule has 27 heavy (non-hydrogen) atoms. The van der Waals surface area contributed by atoms with Gasteiger partial charge in [-0.05, 0) is 53.5 Å². The van der Waals surface area contributed by atoms with Crippen LogP contribution in [-0.4, -0.2) is 15.9 Å². The molecule has 0 spiro atoms. The van der Waals surface area contributed by atoms with Gasteiger partial charge >= 0.3 is 0 Å². The summed E-state index contributed by atoms with van der Waals surface area (Å²) in [7, 11) is 0. The van der Waals surface area contributed by atoms with Gasteiger partial charge in [0.25, 0.3) is 5.56 Å². The first kappa shape index (κ1) is 18.8. The SMILES string of the molecule is Cc1cccc2[nH]c(=O)c(CC(=O)N[C@H](C)c3ccc(Br)cn3)c(C#N)c12. The summed E-state index contributed by atoms with van der Waals surface area (Å²) in [4.78, 5) is 32.0. The van der Waals surface area contributed by atoms with Crippen LogP contribution in [-0.2, 0) is 11.2 Å². The number of nitrogens with one attached hydrogen (secondary N) is 2. The predicted octanol–water partition coefficient (Wildman–Crippen LogP) is 3.29. The minimum Gasteiger partial charge on any atom is -0.348 e. The lowest BCUT2D eigenvalue weighted by Gasteiger charge is -2.14. The van der Waals surface area contributed by atoms with Crippen molar-refractivity contribution in [3.63, 3.8) is 0 Å². The van der Waals surface area contributed by atoms with Gasteiger partial charge in [0.15, 0.2) is 0 Å². The van der Waals surface area contributed by atoms with Crippen LogP contribution in [0.15, 0.2) is 45.8 Å². The Morgan fingerprint density at radius 1 is 1.37 bits per heavy atom. The molecule has 0 saturated carbocycles. The van der Waals surface area contributed by atoms with E-state index in [9.17, 15) is 14.9 Å². The molecule has 1 aromatic carbocycles. The quantitative estimate of drug-likeness (QED) is 0.670. The standard InChI is InChI=1S/C20H17BrN4O2/c1-11-4-3-5-17-19(11)15(9-22)14(20(27)25-17)8-18(26)24-12(2)16-7-6-13(21)10-23-16/h3-7,10,12H,8H2,1-2H3,(H,24,26)(H,25,27)/t12-/m1/s1. The summed E-state index contributed by atoms with van der Waals surface area (Å²) in [6.45, 7) is 3.68. The van der Waals surface area contributed by atoms with E-state index in [1.165, 1.54) is 0 Å². The number of H-pyrrole nitrogens is 1. The maximum atomic E-state index is 12.5. The Balaban J connectivity index is 1.90. The third kappa shape index (κ3) is 3.91. The number of amides is 1. The number of carbonyl (C=O) groups is 1. The first-order valence-electron chi connectivity index (χ1n) is 8.36. The number of fused-ring (bicyclic) bond motifs is 1. The Kier molecular flexibility index (Phi) is 5.38. The first-order chi connectivity index (χ1) is 12.9. The zero-order valence-electron chi connectivity index (χ0n) is 14.8. The number of nitriles is 1. The number of hydrogen-bond donors (Lipinski definition) is 2. The van der Waals surface area contributed by atoms with E-state index in [0.29, 0.717) is 16.6 Å². The number of halogens is 1. The van der Waals surface area contributed by atoms with Crippen molar-refractivity contribution in [2.24, 2.45) is 0 Å². The molecule has 2 aromatic heterocycles. The summed E-state index contributed by atoms with van der Waals surface area (Å²) >= 11 is 3.32. The van der Waals surface area contributed by atoms with Gasteiger partial charge in [-0.2, -0.15) is 5.26 Å². The molecule has 0 saturated heterocycles. The Bertz CT molecular complexity index is 1110. The number of aromatic nitrogens is 2. The van der Waals surface area contributed by atoms with Crippen LogP contribution in [0, 0.1) is 18.3 Å². The van der Waals surface area contributed by atoms with Gasteiger partial charge in [0, 0.05) is 27.1 Å². The Hall–Kier alpha value is -2.98. The molecule has 3 aromatic rings. The van der Waals surface area contributed by atoms with Crippen LogP contribution in [0.3, 0.4) is 0 Å². The smallest absolute Gasteiger partial charge is 0.253 e. The van der Waals surface area contributed by atoms with Crippen molar-refractivity contribution in [3.05, 3.63) is 73.7 Å². The lowest BCUT2D eigenvalue weighted by molar-refractivity contribution is -0.121. The van der Waals surface area contributed by atoms with Crippen LogP contribution in [0.2, 0.25) is 0 Å². The normalized spacial score (nSPS) is 11.8. The molecule has 6 nitrogen and oxygen atoms in total. The minimum absolute atomic E-state index is 0.174. The maximum absolute atomic E-state index is 12.5. The molecule has 0 fully saturated rings. The largest absolute Gasteiger partial charge is 0.348 e. The highest BCUT2D eigenvalue weighted by Gasteiger charge is 2.18. The molecular weight excluding hydrogens is 408 g/mol. The fourth-order valence-corrected chi connectivity index (χ4v) is 3.26. The second kappa shape index (κ2) is 7.72. The third-order valence-electron chi connectivity index (χ3n) is 4.37. The lowest BCUT2D eigenvalue weighted by Crippen LogP contribution is -2.31. The van der Waals surface area contributed by atoms with Crippen molar-refractivity contribution >= 4 is 32.7 Å². The van der Waals surface area contributed by atoms with Crippen LogP contribution in [0.5, 0.6) is 0 Å². The third-order valence-corrected chi connectivity index (χ3v) is 4.84. The second-order valence-corrected chi connectivity index (χ2v) is 7.20. The molecule has 0 unspecified atom stereocenters. The number of hydrogen-bond acceptors (Lipinski definition) is 4. The highest BCUT2D eigenvalue weighted by atomic mass is 79.9. The number of nitrogens with zero attached hydrogens (tertiary/aromatic N) is 2. The fraction of sp³-hybridized carbons (Fsp3) is 0.200. The van der Waals surface area contributed by atoms with Crippen LogP contribution in [0.4, 0.5) is 0 Å². The molecule has 0 aliphatic carbocycles. The van der Waals surface area contributed by atoms with E-state index in [-0.39, 0.29) is 29.5 Å². The lowest BCUT2D eigenvalue weighted by atomic mass is 9.98. The van der Waals surface area contributed by atoms with E-state index in [2.05, 4.69) is 37.3 Å². The number of aryl methyl sites for hydroxylation is 1. The van der Waals surface area contributed by atoms with Gasteiger partial charge in [-0.1, -0.05) is 12.1 Å². The summed E-state index contributed by atoms with van der Waals surface area (Å²) in [6.07, 6.45) is 1.48. The number of carbonyl (C=O) groups excluding carboxylic acids is 1. The van der Waals surface area contributed by atoms with E-state index >= 15 is 0 Å². The highest BCUT2D eigenvalue weighted by molar-refractivity contribution is 9.10. The van der Waals surface area contributed by atoms with E-state index in [0.717, 1.165) is 10.0 Å². The van der Waals surface area contributed by atoms with E-state index in [1.807, 2.05) is 38.1 Å². The summed E-state index contributed by atoms with van der Waals surface area (Å²) < 4.78 is 0.849. The Labute approximate surface area is 164 Å². The highest BCUT2D eigenvalue weighted by Crippen LogP contribution is 2.22. The zero-order chi connectivity index (χ0) is 19.6. The molecule has 7 heteroatoms. The van der Waals surface area contributed by atoms with Crippen LogP contribution < -0.4 is 10.9 Å². The molecule has 2 heterocycles. The van der Waals surface area contributed by atoms with Gasteiger partial charge < -0.3 is 10.3 Å². The summed E-state index contributed by atoms with van der Waals surface area (Å²) in [6, 6.07) is 10.9. The summed E-state index contributed by atoms with van der Waals surface area (Å²) in [5, 5.41) is 13.1. The molecular formula is C20H17BrN4O2. The van der Waals surface area contributed by atoms with Crippen molar-refractivity contribution < 1.29 is 4.79 Å². The van der Waals surface area contributed by atoms with Crippen molar-refractivity contribution in [2.75, 3.05) is 0 Å². The van der Waals surface area contributed by atoms with Crippen LogP contribution >= 0.6 is 15.9 Å². The minimum atomic E-state index is -0.422. The van der Waals surface area contributed by atoms with E-state index in [1.54, 1.807) is 12.3 Å². The van der Waals surface area contributed by atoms with Crippen LogP contribution in [0.1, 0.15) is 35.3 Å². The average Bonchev–Trinajstić information content (AvgIpc) is 2.63. The molecule has 0 aliphatic rings. The average molecular weight is 425 g/mol. The molecule has 2 N–H and O–H groups in total. The molecule has 136 valence electrons. The number of rotatable bonds is 4. The van der Waals surface area contributed by atoms with Gasteiger partial charge in [-0.25, -0.2) is 0 Å². The monoisotopic (exact) mass is 424 g/mol. The van der Waals surface area contributed by atoms with E-state index in [4.69, 9.17) is 0 Å². The maximum Gasteiger partial charge on any atom is 0.253 e. The van der Waals surface area contributed by atoms with Gasteiger partial charge in [0.2, 0.25) is 5.91 Å². The molecule has 0 bridgehead atoms. The number of aromatic amines is 1. The van der Waals surface area contributed by atoms with Crippen LogP contribution in [0.25, 0.3) is 10.9 Å². The summed E-state index contributed by atoms with van der Waals surface area (Å²) in [5.41, 5.74) is 2.16. The van der Waals surface area contributed by atoms with Gasteiger partial charge in [-0.15, -0.1) is 0 Å². The molecule has 1 amide bonds. The molecule has 0 radical (unpaired) electrons. The second-order valence-electron chi connectivity index (χ2n) is 6.28. The Morgan fingerprint density at radius 3 is 2.81 bits per heavy atom. The zero-order valence-corrected chi connectivity index (χ0v) is 16.4. The first-order valence-corrected chi connectivity index (χ1v) is 9.15. The van der Waals surface area contributed by atoms with Crippen molar-refractivity contribution in [1.29, 1.82) is 5.26 Å². The van der Waals surface area contributed by atoms with Crippen molar-refractivity contribution in [2.45, 2.75) is 26.3 Å². The summed E-state index contributed by atoms with van der Waals surface area (Å²) in [5.74, 6) is -0.345. The van der Waals surface area contributed by atoms with Gasteiger partial charge in [-0.3, -0.25) is 14.6 Å². The van der Waals surface area contributed by atoms with Gasteiger partial charge in [0.1, 0.15) is 6.07 Å². The molecule has 3 rings (SSSR count). The predicted molar refractivity (Wildman–Crippen MR) is 106 cm³/mol. The van der Waals surface area contributed by atoms with Gasteiger partial charge in [0.05, 0.1) is 23.7 Å². The van der Waals surface area contributed by atoms with Crippen molar-refractivity contribution in [1.82, 2.24) is 15.3 Å². The number of benzene rings is 1. The topological polar surface area (TPSA) is 98.6 Å². The van der Waals surface area contributed by atoms with Crippen molar-refractivity contribution in [3.8, 4) is 6.07 Å². The Morgan fingerprint density at radius 2 is 2.15 bits per heavy atom. The number of pyridine rings is 2.